The third kappa shape index (κ3) is 19.0. The summed E-state index contributed by atoms with van der Waals surface area (Å²) in [5.41, 5.74) is 2.33. The molecule has 0 aromatic rings. The molecule has 0 rings (SSSR count). The lowest BCUT2D eigenvalue weighted by Crippen LogP contribution is -2.37. The monoisotopic (exact) mass is 463 g/mol. The number of hydroxylamine groups is 1. The molecule has 0 radical (unpaired) electrons. The van der Waals surface area contributed by atoms with Crippen LogP contribution < -0.4 is 5.48 Å². The number of allylic oxidation sites excluding steroid dienone is 2. The minimum absolute atomic E-state index is 0.332. The van der Waals surface area contributed by atoms with Crippen molar-refractivity contribution in [3.8, 4) is 0 Å². The van der Waals surface area contributed by atoms with Crippen molar-refractivity contribution in [2.75, 3.05) is 6.54 Å². The summed E-state index contributed by atoms with van der Waals surface area (Å²) in [5, 5.41) is 6.49. The van der Waals surface area contributed by atoms with Crippen LogP contribution in [0.1, 0.15) is 103 Å². The molecule has 0 saturated heterocycles. The van der Waals surface area contributed by atoms with Crippen molar-refractivity contribution in [1.82, 2.24) is 5.48 Å². The number of unbranched alkanes of at least 4 members (excludes halogenated alkanes) is 12. The predicted octanol–water partition coefficient (Wildman–Crippen LogP) is 4.80. The van der Waals surface area contributed by atoms with Crippen LogP contribution in [-0.4, -0.2) is 41.8 Å². The highest BCUT2D eigenvalue weighted by Crippen LogP contribution is 2.10. The summed E-state index contributed by atoms with van der Waals surface area (Å²) >= 11 is 0. The summed E-state index contributed by atoms with van der Waals surface area (Å²) in [7, 11) is -4.83. The number of carbonyl (C=O) groups is 2. The first-order chi connectivity index (χ1) is 14.8. The van der Waals surface area contributed by atoms with Gasteiger partial charge in [0.15, 0.2) is 5.25 Å². The molecule has 0 heterocycles. The molecule has 9 heteroatoms. The van der Waals surface area contributed by atoms with Gasteiger partial charge >= 0.3 is 11.9 Å². The molecule has 0 amide bonds. The van der Waals surface area contributed by atoms with E-state index >= 15 is 0 Å². The van der Waals surface area contributed by atoms with Gasteiger partial charge in [0.2, 0.25) is 0 Å². The number of carboxylic acids is 1. The van der Waals surface area contributed by atoms with Crippen LogP contribution in [0.25, 0.3) is 0 Å². The Kier molecular flexibility index (Phi) is 18.4. The van der Waals surface area contributed by atoms with Crippen LogP contribution in [0.4, 0.5) is 0 Å². The van der Waals surface area contributed by atoms with E-state index in [4.69, 9.17) is 9.66 Å². The molecule has 0 aliphatic heterocycles. The maximum atomic E-state index is 11.6. The number of hydrogen-bond donors (Lipinski definition) is 3. The Morgan fingerprint density at radius 1 is 0.871 bits per heavy atom. The van der Waals surface area contributed by atoms with E-state index in [0.717, 1.165) is 32.1 Å². The number of carboxylic acid groups (broad SMARTS) is 1. The van der Waals surface area contributed by atoms with Crippen molar-refractivity contribution < 1.29 is 32.5 Å². The second kappa shape index (κ2) is 19.3. The zero-order valence-corrected chi connectivity index (χ0v) is 19.7. The maximum absolute atomic E-state index is 11.6. The van der Waals surface area contributed by atoms with Crippen molar-refractivity contribution in [1.29, 1.82) is 0 Å². The molecular formula is C22H41NO7S. The quantitative estimate of drug-likeness (QED) is 0.0957. The van der Waals surface area contributed by atoms with Crippen LogP contribution in [0.5, 0.6) is 0 Å². The van der Waals surface area contributed by atoms with E-state index in [1.165, 1.54) is 57.8 Å². The van der Waals surface area contributed by atoms with Gasteiger partial charge in [0, 0.05) is 6.54 Å². The highest BCUT2D eigenvalue weighted by Gasteiger charge is 2.35. The van der Waals surface area contributed by atoms with Crippen LogP contribution in [0, 0.1) is 0 Å². The first-order valence-corrected chi connectivity index (χ1v) is 13.1. The standard InChI is InChI=1S/C22H41NO7S/c1-2-3-4-5-6-7-8-9-10-11-12-13-14-15-16-17-18-23-30-22(26)20(19-21(24)25)31(27,28)29/h9-10,20,23H,2-8,11-19H2,1H3,(H,24,25)(H,27,28,29)/b10-9-. The molecule has 3 N–H and O–H groups in total. The highest BCUT2D eigenvalue weighted by molar-refractivity contribution is 7.87. The third-order valence-corrected chi connectivity index (χ3v) is 6.02. The lowest BCUT2D eigenvalue weighted by atomic mass is 10.1. The summed E-state index contributed by atoms with van der Waals surface area (Å²) in [6, 6.07) is 0. The van der Waals surface area contributed by atoms with Gasteiger partial charge in [-0.15, -0.1) is 0 Å². The van der Waals surface area contributed by atoms with Gasteiger partial charge in [-0.1, -0.05) is 76.9 Å². The summed E-state index contributed by atoms with van der Waals surface area (Å²) in [6.45, 7) is 2.57. The molecule has 0 aromatic heterocycles. The van der Waals surface area contributed by atoms with E-state index in [2.05, 4.69) is 29.4 Å². The van der Waals surface area contributed by atoms with Gasteiger partial charge in [-0.25, -0.2) is 4.79 Å². The normalized spacial score (nSPS) is 12.8. The first kappa shape index (κ1) is 29.5. The summed E-state index contributed by atoms with van der Waals surface area (Å²) in [4.78, 5) is 26.8. The topological polar surface area (TPSA) is 130 Å². The molecule has 1 unspecified atom stereocenters. The Labute approximate surface area is 187 Å². The van der Waals surface area contributed by atoms with Crippen molar-refractivity contribution >= 4 is 22.1 Å². The predicted molar refractivity (Wildman–Crippen MR) is 121 cm³/mol. The van der Waals surface area contributed by atoms with Crippen LogP contribution >= 0.6 is 0 Å². The fraction of sp³-hybridized carbons (Fsp3) is 0.818. The Balaban J connectivity index is 3.54. The van der Waals surface area contributed by atoms with E-state index < -0.39 is 33.7 Å². The highest BCUT2D eigenvalue weighted by atomic mass is 32.2. The number of hydrogen-bond acceptors (Lipinski definition) is 6. The lowest BCUT2D eigenvalue weighted by molar-refractivity contribution is -0.153. The summed E-state index contributed by atoms with van der Waals surface area (Å²) in [6.07, 6.45) is 20.1. The van der Waals surface area contributed by atoms with Crippen LogP contribution in [0.2, 0.25) is 0 Å². The fourth-order valence-electron chi connectivity index (χ4n) is 3.10. The zero-order valence-electron chi connectivity index (χ0n) is 18.9. The second-order valence-corrected chi connectivity index (χ2v) is 9.45. The van der Waals surface area contributed by atoms with E-state index in [1.807, 2.05) is 0 Å². The van der Waals surface area contributed by atoms with E-state index in [9.17, 15) is 18.0 Å². The van der Waals surface area contributed by atoms with E-state index in [0.29, 0.717) is 6.54 Å². The number of carbonyl (C=O) groups excluding carboxylic acids is 1. The number of rotatable bonds is 21. The van der Waals surface area contributed by atoms with E-state index in [1.54, 1.807) is 0 Å². The fourth-order valence-corrected chi connectivity index (χ4v) is 3.75. The molecular weight excluding hydrogens is 422 g/mol. The summed E-state index contributed by atoms with van der Waals surface area (Å²) in [5.74, 6) is -2.85. The minimum Gasteiger partial charge on any atom is -0.481 e. The minimum atomic E-state index is -4.83. The molecule has 1 atom stereocenters. The molecule has 0 fully saturated rings. The van der Waals surface area contributed by atoms with Crippen molar-refractivity contribution in [2.24, 2.45) is 0 Å². The van der Waals surface area contributed by atoms with Gasteiger partial charge < -0.3 is 9.94 Å². The average Bonchev–Trinajstić information content (AvgIpc) is 2.70. The third-order valence-electron chi connectivity index (χ3n) is 4.95. The van der Waals surface area contributed by atoms with Gasteiger partial charge in [-0.2, -0.15) is 13.9 Å². The van der Waals surface area contributed by atoms with Gasteiger partial charge in [0.25, 0.3) is 10.1 Å². The molecule has 0 aliphatic carbocycles. The molecule has 182 valence electrons. The Hall–Kier alpha value is -1.45. The Morgan fingerprint density at radius 2 is 1.35 bits per heavy atom. The number of aliphatic carboxylic acids is 1. The molecule has 0 spiro atoms. The molecule has 31 heavy (non-hydrogen) atoms. The smallest absolute Gasteiger partial charge is 0.346 e. The molecule has 0 saturated carbocycles. The molecule has 8 nitrogen and oxygen atoms in total. The Bertz CT molecular complexity index is 605. The molecule has 0 bridgehead atoms. The van der Waals surface area contributed by atoms with Gasteiger partial charge in [0.05, 0.1) is 6.42 Å². The van der Waals surface area contributed by atoms with Crippen molar-refractivity contribution in [3.05, 3.63) is 12.2 Å². The molecule has 0 aliphatic rings. The zero-order chi connectivity index (χ0) is 23.4. The second-order valence-electron chi connectivity index (χ2n) is 7.85. The van der Waals surface area contributed by atoms with E-state index in [-0.39, 0.29) is 0 Å². The van der Waals surface area contributed by atoms with Crippen LogP contribution in [-0.2, 0) is 24.5 Å². The SMILES string of the molecule is CCCCCCCC/C=C\CCCCCCCCNOC(=O)C(CC(=O)O)S(=O)(=O)O. The lowest BCUT2D eigenvalue weighted by Gasteiger charge is -2.11. The average molecular weight is 464 g/mol. The van der Waals surface area contributed by atoms with Crippen molar-refractivity contribution in [3.63, 3.8) is 0 Å². The molecule has 0 aromatic carbocycles. The van der Waals surface area contributed by atoms with Gasteiger partial charge in [0.1, 0.15) is 0 Å². The van der Waals surface area contributed by atoms with Gasteiger partial charge in [-0.3, -0.25) is 9.35 Å². The maximum Gasteiger partial charge on any atom is 0.346 e. The van der Waals surface area contributed by atoms with Crippen molar-refractivity contribution in [2.45, 2.75) is 108 Å². The Morgan fingerprint density at radius 3 is 1.84 bits per heavy atom. The first-order valence-electron chi connectivity index (χ1n) is 11.6. The summed E-state index contributed by atoms with van der Waals surface area (Å²) < 4.78 is 31.0. The van der Waals surface area contributed by atoms with Gasteiger partial charge in [-0.05, 0) is 32.1 Å². The van der Waals surface area contributed by atoms with Crippen LogP contribution in [0.3, 0.4) is 0 Å². The van der Waals surface area contributed by atoms with Crippen LogP contribution in [0.15, 0.2) is 12.2 Å². The largest absolute Gasteiger partial charge is 0.481 e. The number of nitrogens with one attached hydrogen (secondary N) is 1.